The number of amides is 1. The zero-order valence-corrected chi connectivity index (χ0v) is 13.7. The molecule has 122 valence electrons. The van der Waals surface area contributed by atoms with E-state index in [1.165, 1.54) is 21.6 Å². The Labute approximate surface area is 139 Å². The lowest BCUT2D eigenvalue weighted by Gasteiger charge is -2.37. The van der Waals surface area contributed by atoms with E-state index in [0.717, 1.165) is 38.5 Å². The van der Waals surface area contributed by atoms with Crippen molar-refractivity contribution >= 4 is 33.3 Å². The summed E-state index contributed by atoms with van der Waals surface area (Å²) >= 11 is 1.54. The third kappa shape index (κ3) is 2.91. The predicted molar refractivity (Wildman–Crippen MR) is 91.0 cm³/mol. The summed E-state index contributed by atoms with van der Waals surface area (Å²) < 4.78 is 11.4. The van der Waals surface area contributed by atoms with Gasteiger partial charge in [-0.25, -0.2) is 0 Å². The Bertz CT molecular complexity index is 690. The Kier molecular flexibility index (Phi) is 4.15. The van der Waals surface area contributed by atoms with Gasteiger partial charge in [0.05, 0.1) is 11.3 Å². The Morgan fingerprint density at radius 3 is 2.87 bits per heavy atom. The molecule has 1 aromatic heterocycles. The van der Waals surface area contributed by atoms with Crippen LogP contribution in [0.3, 0.4) is 0 Å². The van der Waals surface area contributed by atoms with Crippen LogP contribution in [-0.4, -0.2) is 67.2 Å². The molecule has 23 heavy (non-hydrogen) atoms. The first-order valence-electron chi connectivity index (χ1n) is 8.03. The highest BCUT2D eigenvalue weighted by atomic mass is 32.1. The number of carbonyl (C=O) groups is 1. The largest absolute Gasteiger partial charge is 0.366 e. The number of fused-ring (bicyclic) bond motifs is 1. The van der Waals surface area contributed by atoms with E-state index in [1.807, 2.05) is 17.0 Å². The van der Waals surface area contributed by atoms with Gasteiger partial charge < -0.3 is 19.9 Å². The van der Waals surface area contributed by atoms with Crippen LogP contribution >= 0.6 is 11.5 Å². The number of piperazine rings is 1. The molecule has 2 aromatic rings. The number of ether oxygens (including phenoxy) is 1. The van der Waals surface area contributed by atoms with Crippen molar-refractivity contribution in [2.75, 3.05) is 50.8 Å². The maximum absolute atomic E-state index is 12.5. The highest BCUT2D eigenvalue weighted by molar-refractivity contribution is 7.13. The summed E-state index contributed by atoms with van der Waals surface area (Å²) in [6, 6.07) is 8.31. The van der Waals surface area contributed by atoms with Gasteiger partial charge in [0, 0.05) is 44.7 Å². The molecule has 2 aliphatic heterocycles. The highest BCUT2D eigenvalue weighted by Crippen LogP contribution is 2.29. The molecule has 2 fully saturated rings. The van der Waals surface area contributed by atoms with E-state index in [1.54, 1.807) is 0 Å². The van der Waals surface area contributed by atoms with E-state index in [9.17, 15) is 4.79 Å². The summed E-state index contributed by atoms with van der Waals surface area (Å²) in [5.74, 6) is 1.16. The van der Waals surface area contributed by atoms with Crippen molar-refractivity contribution in [3.63, 3.8) is 0 Å². The second-order valence-corrected chi connectivity index (χ2v) is 6.68. The van der Waals surface area contributed by atoms with Gasteiger partial charge >= 0.3 is 0 Å². The summed E-state index contributed by atoms with van der Waals surface area (Å²) in [6.45, 7) is 5.15. The first-order valence-corrected chi connectivity index (χ1v) is 8.81. The summed E-state index contributed by atoms with van der Waals surface area (Å²) in [6.07, 6.45) is -0.324. The van der Waals surface area contributed by atoms with Gasteiger partial charge in [0.25, 0.3) is 5.91 Å². The molecule has 3 heterocycles. The molecule has 1 unspecified atom stereocenters. The summed E-state index contributed by atoms with van der Waals surface area (Å²) in [5, 5.41) is 4.42. The monoisotopic (exact) mass is 332 g/mol. The number of nitrogens with zero attached hydrogens (tertiary/aromatic N) is 3. The fraction of sp³-hybridized carbons (Fsp3) is 0.500. The van der Waals surface area contributed by atoms with Crippen LogP contribution in [-0.2, 0) is 9.53 Å². The molecular formula is C16H20N4O2S. The van der Waals surface area contributed by atoms with Crippen LogP contribution in [0.5, 0.6) is 0 Å². The maximum atomic E-state index is 12.5. The zero-order chi connectivity index (χ0) is 15.6. The number of anilines is 1. The molecular weight excluding hydrogens is 312 g/mol. The van der Waals surface area contributed by atoms with Crippen molar-refractivity contribution in [1.82, 2.24) is 14.6 Å². The van der Waals surface area contributed by atoms with Gasteiger partial charge in [0.15, 0.2) is 0 Å². The molecule has 0 aliphatic carbocycles. The molecule has 4 rings (SSSR count). The predicted octanol–water partition coefficient (Wildman–Crippen LogP) is 0.933. The van der Waals surface area contributed by atoms with Gasteiger partial charge in [-0.2, -0.15) is 4.37 Å². The average molecular weight is 332 g/mol. The van der Waals surface area contributed by atoms with E-state index >= 15 is 0 Å². The smallest absolute Gasteiger partial charge is 0.253 e. The molecule has 2 saturated heterocycles. The number of hydrogen-bond donors (Lipinski definition) is 1. The van der Waals surface area contributed by atoms with E-state index < -0.39 is 0 Å². The molecule has 1 amide bonds. The second-order valence-electron chi connectivity index (χ2n) is 5.88. The molecule has 7 heteroatoms. The van der Waals surface area contributed by atoms with Crippen LogP contribution in [0, 0.1) is 0 Å². The number of nitrogens with one attached hydrogen (secondary N) is 1. The molecule has 6 nitrogen and oxygen atoms in total. The van der Waals surface area contributed by atoms with Crippen LogP contribution in [0.2, 0.25) is 0 Å². The molecule has 1 aromatic carbocycles. The van der Waals surface area contributed by atoms with Crippen molar-refractivity contribution in [2.24, 2.45) is 0 Å². The van der Waals surface area contributed by atoms with E-state index in [0.29, 0.717) is 13.2 Å². The fourth-order valence-electron chi connectivity index (χ4n) is 3.17. The van der Waals surface area contributed by atoms with E-state index in [-0.39, 0.29) is 12.0 Å². The number of hydrogen-bond acceptors (Lipinski definition) is 6. The van der Waals surface area contributed by atoms with Crippen LogP contribution in [0.25, 0.3) is 10.1 Å². The molecule has 0 saturated carbocycles. The molecule has 1 atom stereocenters. The summed E-state index contributed by atoms with van der Waals surface area (Å²) in [7, 11) is 0. The lowest BCUT2D eigenvalue weighted by atomic mass is 10.2. The molecule has 0 bridgehead atoms. The Morgan fingerprint density at radius 1 is 1.26 bits per heavy atom. The number of morpholine rings is 1. The Hall–Kier alpha value is -1.70. The summed E-state index contributed by atoms with van der Waals surface area (Å²) in [4.78, 5) is 16.7. The van der Waals surface area contributed by atoms with Gasteiger partial charge in [0.2, 0.25) is 0 Å². The second kappa shape index (κ2) is 6.43. The molecule has 0 spiro atoms. The SMILES string of the molecule is O=C(C1CNCCO1)N1CCN(c2nsc3ccccc23)CC1. The number of carbonyl (C=O) groups excluding carboxylic acids is 1. The zero-order valence-electron chi connectivity index (χ0n) is 12.9. The topological polar surface area (TPSA) is 57.7 Å². The van der Waals surface area contributed by atoms with Crippen molar-refractivity contribution in [3.8, 4) is 0 Å². The fourth-order valence-corrected chi connectivity index (χ4v) is 3.96. The first kappa shape index (κ1) is 14.9. The number of aromatic nitrogens is 1. The summed E-state index contributed by atoms with van der Waals surface area (Å²) in [5.41, 5.74) is 0. The van der Waals surface area contributed by atoms with Gasteiger partial charge in [0.1, 0.15) is 11.9 Å². The van der Waals surface area contributed by atoms with Crippen LogP contribution < -0.4 is 10.2 Å². The number of benzene rings is 1. The van der Waals surface area contributed by atoms with Gasteiger partial charge in [-0.15, -0.1) is 0 Å². The van der Waals surface area contributed by atoms with Gasteiger partial charge in [-0.05, 0) is 23.7 Å². The van der Waals surface area contributed by atoms with Crippen LogP contribution in [0.15, 0.2) is 24.3 Å². The van der Waals surface area contributed by atoms with Gasteiger partial charge in [-0.3, -0.25) is 4.79 Å². The lowest BCUT2D eigenvalue weighted by Crippen LogP contribution is -2.55. The molecule has 2 aliphatic rings. The van der Waals surface area contributed by atoms with Crippen molar-refractivity contribution in [3.05, 3.63) is 24.3 Å². The van der Waals surface area contributed by atoms with Crippen molar-refractivity contribution in [1.29, 1.82) is 0 Å². The molecule has 1 N–H and O–H groups in total. The minimum Gasteiger partial charge on any atom is -0.366 e. The standard InChI is InChI=1S/C16H20N4O2S/c21-16(13-11-17-5-10-22-13)20-8-6-19(7-9-20)15-12-3-1-2-4-14(12)23-18-15/h1-4,13,17H,5-11H2. The van der Waals surface area contributed by atoms with Crippen LogP contribution in [0.4, 0.5) is 5.82 Å². The highest BCUT2D eigenvalue weighted by Gasteiger charge is 2.30. The Balaban J connectivity index is 1.41. The van der Waals surface area contributed by atoms with E-state index in [4.69, 9.17) is 4.74 Å². The van der Waals surface area contributed by atoms with Crippen molar-refractivity contribution < 1.29 is 9.53 Å². The third-order valence-corrected chi connectivity index (χ3v) is 5.27. The normalized spacial score (nSPS) is 22.5. The van der Waals surface area contributed by atoms with E-state index in [2.05, 4.69) is 26.7 Å². The average Bonchev–Trinajstić information content (AvgIpc) is 3.06. The molecule has 0 radical (unpaired) electrons. The first-order chi connectivity index (χ1) is 11.3. The van der Waals surface area contributed by atoms with Gasteiger partial charge in [-0.1, -0.05) is 12.1 Å². The minimum absolute atomic E-state index is 0.111. The Morgan fingerprint density at radius 2 is 2.09 bits per heavy atom. The maximum Gasteiger partial charge on any atom is 0.253 e. The van der Waals surface area contributed by atoms with Crippen LogP contribution in [0.1, 0.15) is 0 Å². The number of rotatable bonds is 2. The lowest BCUT2D eigenvalue weighted by molar-refractivity contribution is -0.145. The van der Waals surface area contributed by atoms with Crippen molar-refractivity contribution in [2.45, 2.75) is 6.10 Å². The third-order valence-electron chi connectivity index (χ3n) is 4.45. The quantitative estimate of drug-likeness (QED) is 0.887. The minimum atomic E-state index is -0.324.